The average Bonchev–Trinajstić information content (AvgIpc) is 2.44. The van der Waals surface area contributed by atoms with Crippen LogP contribution in [0.5, 0.6) is 6.01 Å². The van der Waals surface area contributed by atoms with Crippen molar-refractivity contribution in [1.82, 2.24) is 9.97 Å². The molecular formula is C13H16FN3O2. The third-order valence-corrected chi connectivity index (χ3v) is 3.09. The summed E-state index contributed by atoms with van der Waals surface area (Å²) in [5.74, 6) is -1.20. The molecule has 19 heavy (non-hydrogen) atoms. The highest BCUT2D eigenvalue weighted by Crippen LogP contribution is 2.25. The second-order valence-corrected chi connectivity index (χ2v) is 4.47. The maximum atomic E-state index is 13.3. The minimum atomic E-state index is -0.643. The zero-order chi connectivity index (χ0) is 13.7. The van der Waals surface area contributed by atoms with Crippen LogP contribution in [0.1, 0.15) is 39.0 Å². The van der Waals surface area contributed by atoms with Gasteiger partial charge in [0.25, 0.3) is 0 Å². The summed E-state index contributed by atoms with van der Waals surface area (Å²) in [6.07, 6.45) is 7.27. The number of ether oxygens (including phenoxy) is 1. The summed E-state index contributed by atoms with van der Waals surface area (Å²) >= 11 is 0. The molecule has 0 radical (unpaired) electrons. The lowest BCUT2D eigenvalue weighted by molar-refractivity contribution is -0.140. The lowest BCUT2D eigenvalue weighted by Gasteiger charge is -2.19. The minimum Gasteiger partial charge on any atom is -0.391 e. The van der Waals surface area contributed by atoms with Gasteiger partial charge >= 0.3 is 12.0 Å². The molecule has 102 valence electrons. The predicted octanol–water partition coefficient (Wildman–Crippen LogP) is 2.82. The SMILES string of the molecule is CC=Nc1nc(OC(=O)C2CCCCC2)ncc1F. The molecule has 1 aromatic heterocycles. The minimum absolute atomic E-state index is 0.0967. The average molecular weight is 265 g/mol. The van der Waals surface area contributed by atoms with Gasteiger partial charge in [0.2, 0.25) is 0 Å². The summed E-state index contributed by atoms with van der Waals surface area (Å²) in [7, 11) is 0. The van der Waals surface area contributed by atoms with Crippen molar-refractivity contribution >= 4 is 18.0 Å². The number of esters is 1. The van der Waals surface area contributed by atoms with E-state index in [2.05, 4.69) is 15.0 Å². The molecule has 5 nitrogen and oxygen atoms in total. The summed E-state index contributed by atoms with van der Waals surface area (Å²) in [6.45, 7) is 1.65. The van der Waals surface area contributed by atoms with E-state index >= 15 is 0 Å². The van der Waals surface area contributed by atoms with Gasteiger partial charge in [0.05, 0.1) is 12.1 Å². The number of aliphatic imine (C=N–C) groups is 1. The van der Waals surface area contributed by atoms with E-state index in [1.54, 1.807) is 6.92 Å². The zero-order valence-electron chi connectivity index (χ0n) is 10.8. The van der Waals surface area contributed by atoms with Crippen molar-refractivity contribution < 1.29 is 13.9 Å². The fraction of sp³-hybridized carbons (Fsp3) is 0.538. The van der Waals surface area contributed by atoms with Crippen LogP contribution in [0.3, 0.4) is 0 Å². The maximum Gasteiger partial charge on any atom is 0.326 e. The number of carbonyl (C=O) groups excluding carboxylic acids is 1. The van der Waals surface area contributed by atoms with E-state index in [1.807, 2.05) is 0 Å². The number of aromatic nitrogens is 2. The molecule has 0 saturated heterocycles. The molecule has 0 spiro atoms. The highest BCUT2D eigenvalue weighted by Gasteiger charge is 2.24. The van der Waals surface area contributed by atoms with Gasteiger partial charge in [-0.05, 0) is 19.8 Å². The Morgan fingerprint density at radius 2 is 2.21 bits per heavy atom. The molecule has 0 bridgehead atoms. The molecule has 0 aliphatic heterocycles. The molecule has 1 aromatic rings. The second kappa shape index (κ2) is 6.36. The van der Waals surface area contributed by atoms with Gasteiger partial charge in [-0.3, -0.25) is 4.79 Å². The van der Waals surface area contributed by atoms with Crippen LogP contribution in [-0.4, -0.2) is 22.2 Å². The Labute approximate surface area is 110 Å². The topological polar surface area (TPSA) is 64.4 Å². The highest BCUT2D eigenvalue weighted by atomic mass is 19.1. The van der Waals surface area contributed by atoms with Crippen molar-refractivity contribution in [3.63, 3.8) is 0 Å². The third kappa shape index (κ3) is 3.56. The van der Waals surface area contributed by atoms with Crippen LogP contribution in [0.4, 0.5) is 10.2 Å². The summed E-state index contributed by atoms with van der Waals surface area (Å²) in [6, 6.07) is -0.141. The Balaban J connectivity index is 2.05. The fourth-order valence-electron chi connectivity index (χ4n) is 2.12. The number of nitrogens with zero attached hydrogens (tertiary/aromatic N) is 3. The molecule has 6 heteroatoms. The molecule has 0 amide bonds. The Morgan fingerprint density at radius 3 is 2.89 bits per heavy atom. The molecule has 0 atom stereocenters. The summed E-state index contributed by atoms with van der Waals surface area (Å²) in [5.41, 5.74) is 0. The van der Waals surface area contributed by atoms with E-state index in [-0.39, 0.29) is 23.7 Å². The van der Waals surface area contributed by atoms with E-state index in [4.69, 9.17) is 4.74 Å². The van der Waals surface area contributed by atoms with Crippen molar-refractivity contribution in [3.8, 4) is 6.01 Å². The molecule has 0 aromatic carbocycles. The number of halogens is 1. The van der Waals surface area contributed by atoms with E-state index in [9.17, 15) is 9.18 Å². The summed E-state index contributed by atoms with van der Waals surface area (Å²) in [5, 5.41) is 0. The van der Waals surface area contributed by atoms with Crippen molar-refractivity contribution in [1.29, 1.82) is 0 Å². The first-order valence-electron chi connectivity index (χ1n) is 6.43. The van der Waals surface area contributed by atoms with Gasteiger partial charge in [-0.2, -0.15) is 4.98 Å². The van der Waals surface area contributed by atoms with Gasteiger partial charge in [-0.25, -0.2) is 14.4 Å². The van der Waals surface area contributed by atoms with Crippen LogP contribution in [0, 0.1) is 11.7 Å². The lowest BCUT2D eigenvalue weighted by Crippen LogP contribution is -2.23. The molecule has 1 aliphatic rings. The Kier molecular flexibility index (Phi) is 4.54. The summed E-state index contributed by atoms with van der Waals surface area (Å²) < 4.78 is 18.4. The first-order chi connectivity index (χ1) is 9.20. The second-order valence-electron chi connectivity index (χ2n) is 4.47. The first-order valence-corrected chi connectivity index (χ1v) is 6.43. The van der Waals surface area contributed by atoms with Crippen LogP contribution < -0.4 is 4.74 Å². The predicted molar refractivity (Wildman–Crippen MR) is 68.0 cm³/mol. The van der Waals surface area contributed by atoms with Crippen molar-refractivity contribution in [2.24, 2.45) is 10.9 Å². The van der Waals surface area contributed by atoms with Crippen molar-refractivity contribution in [2.45, 2.75) is 39.0 Å². The number of carbonyl (C=O) groups is 1. The van der Waals surface area contributed by atoms with E-state index in [0.29, 0.717) is 0 Å². The molecule has 0 N–H and O–H groups in total. The van der Waals surface area contributed by atoms with Crippen LogP contribution in [0.25, 0.3) is 0 Å². The van der Waals surface area contributed by atoms with Crippen LogP contribution in [0.15, 0.2) is 11.2 Å². The summed E-state index contributed by atoms with van der Waals surface area (Å²) in [4.78, 5) is 23.1. The van der Waals surface area contributed by atoms with Gasteiger partial charge in [0.1, 0.15) is 0 Å². The quantitative estimate of drug-likeness (QED) is 0.622. The van der Waals surface area contributed by atoms with E-state index < -0.39 is 5.82 Å². The smallest absolute Gasteiger partial charge is 0.326 e. The number of hydrogen-bond donors (Lipinski definition) is 0. The number of hydrogen-bond acceptors (Lipinski definition) is 5. The van der Waals surface area contributed by atoms with Gasteiger partial charge < -0.3 is 4.74 Å². The molecular weight excluding hydrogens is 249 g/mol. The van der Waals surface area contributed by atoms with Gasteiger partial charge in [0, 0.05) is 6.21 Å². The van der Waals surface area contributed by atoms with E-state index in [0.717, 1.165) is 38.3 Å². The first kappa shape index (κ1) is 13.6. The molecule has 1 saturated carbocycles. The lowest BCUT2D eigenvalue weighted by atomic mass is 9.89. The van der Waals surface area contributed by atoms with Gasteiger partial charge in [-0.1, -0.05) is 19.3 Å². The molecule has 1 aliphatic carbocycles. The molecule has 0 unspecified atom stereocenters. The Hall–Kier alpha value is -1.85. The highest BCUT2D eigenvalue weighted by molar-refractivity contribution is 5.74. The van der Waals surface area contributed by atoms with Crippen molar-refractivity contribution in [3.05, 3.63) is 12.0 Å². The third-order valence-electron chi connectivity index (χ3n) is 3.09. The standard InChI is InChI=1S/C13H16FN3O2/c1-2-15-11-10(14)8-16-13(17-11)19-12(18)9-6-4-3-5-7-9/h2,8-9H,3-7H2,1H3. The van der Waals surface area contributed by atoms with Crippen LogP contribution in [0.2, 0.25) is 0 Å². The van der Waals surface area contributed by atoms with Gasteiger partial charge in [0.15, 0.2) is 11.6 Å². The Bertz CT molecular complexity index is 485. The van der Waals surface area contributed by atoms with Crippen LogP contribution >= 0.6 is 0 Å². The molecule has 1 fully saturated rings. The maximum absolute atomic E-state index is 13.3. The fourth-order valence-corrected chi connectivity index (χ4v) is 2.12. The molecule has 2 rings (SSSR count). The molecule has 1 heterocycles. The van der Waals surface area contributed by atoms with E-state index in [1.165, 1.54) is 6.21 Å². The van der Waals surface area contributed by atoms with Gasteiger partial charge in [-0.15, -0.1) is 0 Å². The number of rotatable bonds is 3. The van der Waals surface area contributed by atoms with Crippen LogP contribution in [-0.2, 0) is 4.79 Å². The zero-order valence-corrected chi connectivity index (χ0v) is 10.8. The Morgan fingerprint density at radius 1 is 1.47 bits per heavy atom. The largest absolute Gasteiger partial charge is 0.391 e. The van der Waals surface area contributed by atoms with Crippen molar-refractivity contribution in [2.75, 3.05) is 0 Å². The normalized spacial score (nSPS) is 16.7. The monoisotopic (exact) mass is 265 g/mol.